The summed E-state index contributed by atoms with van der Waals surface area (Å²) < 4.78 is 12.9. The number of anilines is 2. The number of hydrogen-bond acceptors (Lipinski definition) is 5. The van der Waals surface area contributed by atoms with Crippen LogP contribution in [0.5, 0.6) is 5.75 Å². The molecule has 8 nitrogen and oxygen atoms in total. The molecule has 1 aromatic carbocycles. The highest BCUT2D eigenvalue weighted by atomic mass is 32.1. The average molecular weight is 506 g/mol. The number of carbonyl (C=O) groups is 1. The van der Waals surface area contributed by atoms with Crippen LogP contribution in [0.25, 0.3) is 0 Å². The number of rotatable bonds is 8. The maximum Gasteiger partial charge on any atom is 0.250 e. The first-order valence-corrected chi connectivity index (χ1v) is 12.5. The lowest BCUT2D eigenvalue weighted by Gasteiger charge is -2.29. The van der Waals surface area contributed by atoms with E-state index in [4.69, 9.17) is 21.7 Å². The van der Waals surface area contributed by atoms with E-state index in [1.165, 1.54) is 36.9 Å². The molecule has 0 radical (unpaired) electrons. The molecule has 2 aliphatic rings. The topological polar surface area (TPSA) is 80.7 Å². The molecule has 36 heavy (non-hydrogen) atoms. The normalized spacial score (nSPS) is 19.3. The van der Waals surface area contributed by atoms with Gasteiger partial charge in [-0.2, -0.15) is 0 Å². The minimum absolute atomic E-state index is 0.0470. The Morgan fingerprint density at radius 2 is 2.00 bits per heavy atom. The van der Waals surface area contributed by atoms with Crippen molar-refractivity contribution >= 4 is 34.6 Å². The van der Waals surface area contributed by atoms with E-state index >= 15 is 0 Å². The fourth-order valence-corrected chi connectivity index (χ4v) is 5.55. The van der Waals surface area contributed by atoms with Crippen molar-refractivity contribution in [2.45, 2.75) is 44.8 Å². The van der Waals surface area contributed by atoms with Gasteiger partial charge >= 0.3 is 0 Å². The summed E-state index contributed by atoms with van der Waals surface area (Å²) in [5.74, 6) is 0.303. The Balaban J connectivity index is 1.61. The van der Waals surface area contributed by atoms with E-state index < -0.39 is 0 Å². The predicted molar refractivity (Wildman–Crippen MR) is 144 cm³/mol. The van der Waals surface area contributed by atoms with Crippen LogP contribution in [0.2, 0.25) is 0 Å². The van der Waals surface area contributed by atoms with Crippen LogP contribution in [0.3, 0.4) is 0 Å². The van der Waals surface area contributed by atoms with Crippen LogP contribution in [0.1, 0.15) is 53.6 Å². The van der Waals surface area contributed by atoms with Gasteiger partial charge in [0.1, 0.15) is 12.4 Å². The van der Waals surface area contributed by atoms with Gasteiger partial charge in [-0.05, 0) is 80.9 Å². The van der Waals surface area contributed by atoms with Crippen molar-refractivity contribution in [3.05, 3.63) is 71.3 Å². The van der Waals surface area contributed by atoms with Crippen molar-refractivity contribution in [3.63, 3.8) is 0 Å². The zero-order valence-electron chi connectivity index (χ0n) is 20.9. The third-order valence-electron chi connectivity index (χ3n) is 6.86. The van der Waals surface area contributed by atoms with E-state index in [9.17, 15) is 4.79 Å². The number of nitrogens with zero attached hydrogens (tertiary/aromatic N) is 3. The van der Waals surface area contributed by atoms with Gasteiger partial charge in [0, 0.05) is 36.4 Å². The molecule has 9 heteroatoms. The predicted octanol–water partition coefficient (Wildman–Crippen LogP) is 4.61. The third-order valence-corrected chi connectivity index (χ3v) is 7.18. The molecule has 1 aliphatic carbocycles. The van der Waals surface area contributed by atoms with E-state index in [1.807, 2.05) is 42.6 Å². The monoisotopic (exact) mass is 505 g/mol. The lowest BCUT2D eigenvalue weighted by molar-refractivity contribution is -0.119. The van der Waals surface area contributed by atoms with E-state index in [0.717, 1.165) is 11.4 Å². The molecule has 0 spiro atoms. The van der Waals surface area contributed by atoms with Crippen molar-refractivity contribution in [1.82, 2.24) is 14.9 Å². The van der Waals surface area contributed by atoms with E-state index in [2.05, 4.69) is 45.0 Å². The number of carbonyl (C=O) groups excluding carboxylic acids is 1. The highest BCUT2D eigenvalue weighted by molar-refractivity contribution is 7.80. The molecule has 3 aromatic rings. The molecule has 2 aromatic heterocycles. The Labute approximate surface area is 216 Å². The summed E-state index contributed by atoms with van der Waals surface area (Å²) in [5.41, 5.74) is 6.04. The van der Waals surface area contributed by atoms with Gasteiger partial charge in [-0.15, -0.1) is 0 Å². The van der Waals surface area contributed by atoms with Crippen molar-refractivity contribution in [2.24, 2.45) is 0 Å². The lowest BCUT2D eigenvalue weighted by Crippen LogP contribution is -2.29. The van der Waals surface area contributed by atoms with E-state index in [0.29, 0.717) is 22.6 Å². The van der Waals surface area contributed by atoms with Crippen molar-refractivity contribution in [1.29, 1.82) is 0 Å². The number of pyridine rings is 1. The standard InChI is InChI=1S/C27H31N5O3S/c1-16-13-20(17(2)31(16)18-8-9-18)26-25(21-7-5-6-12-28-21)30-27(36)32(26)19-10-11-23(35-4)22(14-19)29-24(33)15-34-3/h5-7,10-14,18,25-26H,8-9,15H2,1-4H3,(H,29,33)(H,30,36)/t25-,26-/m1/s1. The maximum absolute atomic E-state index is 12.3. The summed E-state index contributed by atoms with van der Waals surface area (Å²) in [6, 6.07) is 14.2. The number of amides is 1. The van der Waals surface area contributed by atoms with Gasteiger partial charge in [0.05, 0.1) is 30.6 Å². The second-order valence-corrected chi connectivity index (χ2v) is 9.68. The summed E-state index contributed by atoms with van der Waals surface area (Å²) in [5, 5.41) is 7.02. The highest BCUT2D eigenvalue weighted by Gasteiger charge is 2.43. The van der Waals surface area contributed by atoms with Crippen LogP contribution in [0, 0.1) is 13.8 Å². The van der Waals surface area contributed by atoms with E-state index in [-0.39, 0.29) is 24.6 Å². The molecule has 2 N–H and O–H groups in total. The summed E-state index contributed by atoms with van der Waals surface area (Å²) in [4.78, 5) is 19.1. The van der Waals surface area contributed by atoms with Crippen LogP contribution in [0.15, 0.2) is 48.7 Å². The second kappa shape index (κ2) is 9.91. The summed E-state index contributed by atoms with van der Waals surface area (Å²) >= 11 is 5.90. The molecular weight excluding hydrogens is 474 g/mol. The number of aromatic nitrogens is 2. The molecule has 1 amide bonds. The number of thiocarbonyl (C=S) groups is 1. The molecule has 1 aliphatic heterocycles. The van der Waals surface area contributed by atoms with Gasteiger partial charge in [0.2, 0.25) is 5.91 Å². The Bertz CT molecular complexity index is 1290. The maximum atomic E-state index is 12.3. The minimum Gasteiger partial charge on any atom is -0.495 e. The molecular formula is C27H31N5O3S. The van der Waals surface area contributed by atoms with Gasteiger partial charge in [-0.3, -0.25) is 9.78 Å². The van der Waals surface area contributed by atoms with Crippen LogP contribution < -0.4 is 20.3 Å². The number of hydrogen-bond donors (Lipinski definition) is 2. The molecule has 5 rings (SSSR count). The number of benzene rings is 1. The molecule has 2 atom stereocenters. The molecule has 188 valence electrons. The van der Waals surface area contributed by atoms with Gasteiger partial charge in [0.25, 0.3) is 0 Å². The number of nitrogens with one attached hydrogen (secondary N) is 2. The Morgan fingerprint density at radius 1 is 1.19 bits per heavy atom. The van der Waals surface area contributed by atoms with Gasteiger partial charge in [-0.25, -0.2) is 0 Å². The Kier molecular flexibility index (Phi) is 6.68. The molecule has 0 unspecified atom stereocenters. The number of methoxy groups -OCH3 is 2. The van der Waals surface area contributed by atoms with Crippen LogP contribution in [-0.4, -0.2) is 41.4 Å². The zero-order valence-corrected chi connectivity index (χ0v) is 21.8. The first-order valence-electron chi connectivity index (χ1n) is 12.1. The largest absolute Gasteiger partial charge is 0.495 e. The number of ether oxygens (including phenoxy) is 2. The summed E-state index contributed by atoms with van der Waals surface area (Å²) in [7, 11) is 3.07. The first kappa shape index (κ1) is 24.3. The van der Waals surface area contributed by atoms with Crippen LogP contribution in [0.4, 0.5) is 11.4 Å². The molecule has 2 fully saturated rings. The minimum atomic E-state index is -0.258. The van der Waals surface area contributed by atoms with Crippen LogP contribution >= 0.6 is 12.2 Å². The summed E-state index contributed by atoms with van der Waals surface area (Å²) in [6.45, 7) is 4.32. The summed E-state index contributed by atoms with van der Waals surface area (Å²) in [6.07, 6.45) is 4.24. The smallest absolute Gasteiger partial charge is 0.250 e. The number of aryl methyl sites for hydroxylation is 1. The molecule has 3 heterocycles. The SMILES string of the molecule is COCC(=O)Nc1cc(N2C(=S)N[C@H](c3ccccn3)[C@H]2c2cc(C)n(C3CC3)c2C)ccc1OC. The first-order chi connectivity index (χ1) is 17.4. The molecule has 1 saturated carbocycles. The Morgan fingerprint density at radius 3 is 2.67 bits per heavy atom. The van der Waals surface area contributed by atoms with Crippen molar-refractivity contribution < 1.29 is 14.3 Å². The third kappa shape index (κ3) is 4.44. The average Bonchev–Trinajstić information content (AvgIpc) is 3.58. The molecule has 1 saturated heterocycles. The van der Waals surface area contributed by atoms with E-state index in [1.54, 1.807) is 7.11 Å². The quantitative estimate of drug-likeness (QED) is 0.433. The van der Waals surface area contributed by atoms with Crippen molar-refractivity contribution in [2.75, 3.05) is 31.0 Å². The van der Waals surface area contributed by atoms with Gasteiger partial charge < -0.3 is 29.6 Å². The van der Waals surface area contributed by atoms with Gasteiger partial charge in [0.15, 0.2) is 5.11 Å². The van der Waals surface area contributed by atoms with Crippen molar-refractivity contribution in [3.8, 4) is 5.75 Å². The lowest BCUT2D eigenvalue weighted by atomic mass is 9.96. The molecule has 0 bridgehead atoms. The zero-order chi connectivity index (χ0) is 25.4. The fraction of sp³-hybridized carbons (Fsp3) is 0.370. The highest BCUT2D eigenvalue weighted by Crippen LogP contribution is 2.46. The second-order valence-electron chi connectivity index (χ2n) is 9.29. The fourth-order valence-electron chi connectivity index (χ4n) is 5.21. The Hall–Kier alpha value is -3.43. The van der Waals surface area contributed by atoms with Crippen LogP contribution in [-0.2, 0) is 9.53 Å². The van der Waals surface area contributed by atoms with Gasteiger partial charge in [-0.1, -0.05) is 6.07 Å².